The molecule has 0 spiro atoms. The van der Waals surface area contributed by atoms with Crippen LogP contribution in [0, 0.1) is 20.8 Å². The van der Waals surface area contributed by atoms with Gasteiger partial charge in [0.2, 0.25) is 0 Å². The minimum absolute atomic E-state index is 0. The fraction of sp³-hybridized carbons (Fsp3) is 0.379. The molecule has 0 radical (unpaired) electrons. The van der Waals surface area contributed by atoms with E-state index in [1.54, 1.807) is 14.0 Å². The molecule has 0 saturated carbocycles. The molecule has 12 aromatic rings. The molecule has 3 unspecified atom stereocenters. The lowest BCUT2D eigenvalue weighted by atomic mass is 9.96. The van der Waals surface area contributed by atoms with E-state index in [9.17, 15) is 0 Å². The van der Waals surface area contributed by atoms with Crippen LogP contribution in [-0.2, 0) is 21.1 Å². The second-order valence-electron chi connectivity index (χ2n) is 21.8. The summed E-state index contributed by atoms with van der Waals surface area (Å²) < 4.78 is 24.1. The number of rotatable bonds is 12. The molecule has 0 aromatic carbocycles. The molecule has 15 heterocycles. The van der Waals surface area contributed by atoms with Gasteiger partial charge in [-0.3, -0.25) is 14.0 Å². The highest BCUT2D eigenvalue weighted by atomic mass is 32.1. The van der Waals surface area contributed by atoms with Crippen LogP contribution < -0.4 is 31.9 Å². The average molecular weight is 1200 g/mol. The zero-order chi connectivity index (χ0) is 57.3. The zero-order valence-electron chi connectivity index (χ0n) is 47.7. The molecule has 27 heteroatoms. The van der Waals surface area contributed by atoms with E-state index in [1.807, 2.05) is 129 Å². The molecule has 6 N–H and O–H groups in total. The molecule has 0 amide bonds. The first-order valence-corrected chi connectivity index (χ1v) is 30.7. The van der Waals surface area contributed by atoms with E-state index in [0.717, 1.165) is 175 Å². The Morgan fingerprint density at radius 3 is 0.965 bits per heavy atom. The molecule has 0 bridgehead atoms. The van der Waals surface area contributed by atoms with Gasteiger partial charge in [-0.15, -0.1) is 0 Å². The number of fused-ring (bicyclic) bond motifs is 3. The van der Waals surface area contributed by atoms with Crippen LogP contribution in [0.5, 0.6) is 0 Å². The first-order valence-electron chi connectivity index (χ1n) is 28.4. The summed E-state index contributed by atoms with van der Waals surface area (Å²) in [6.07, 6.45) is 24.1. The summed E-state index contributed by atoms with van der Waals surface area (Å²) >= 11 is 4.36. The Labute approximate surface area is 504 Å². The molecular formula is C58H70N24S3. The van der Waals surface area contributed by atoms with E-state index < -0.39 is 0 Å². The van der Waals surface area contributed by atoms with Gasteiger partial charge in [-0.1, -0.05) is 7.43 Å². The minimum atomic E-state index is 0. The molecule has 440 valence electrons. The first-order chi connectivity index (χ1) is 41.0. The number of hydrogen-bond donors (Lipinski definition) is 6. The van der Waals surface area contributed by atoms with Crippen LogP contribution in [0.25, 0.3) is 50.3 Å². The van der Waals surface area contributed by atoms with Gasteiger partial charge < -0.3 is 31.9 Å². The average Bonchev–Trinajstić information content (AvgIpc) is 2.42. The lowest BCUT2D eigenvalue weighted by Gasteiger charge is -2.23. The SMILES string of the molecule is C.Cc1cc(Nc2cc(C3CCCNC3)nc3c(-c4cnn(C)c4)cnn23)sn1.Cc1cc(Nc2cc(C3CCCNC3)nc3c(-c4cnn(C)c4)cnn23)sn1.Cc1cc(Nc2cc(C3CCCNC3)nc3c(-c4cnn(C)c4)cnn23)sn1. The van der Waals surface area contributed by atoms with Crippen molar-refractivity contribution in [2.24, 2.45) is 21.1 Å². The highest BCUT2D eigenvalue weighted by molar-refractivity contribution is 7.10. The van der Waals surface area contributed by atoms with Crippen molar-refractivity contribution in [3.63, 3.8) is 0 Å². The van der Waals surface area contributed by atoms with Gasteiger partial charge in [0.05, 0.1) is 71.3 Å². The van der Waals surface area contributed by atoms with Crippen molar-refractivity contribution < 1.29 is 0 Å². The van der Waals surface area contributed by atoms with Crippen molar-refractivity contribution in [1.82, 2.24) is 102 Å². The molecule has 3 aliphatic rings. The Bertz CT molecular complexity index is 3780. The van der Waals surface area contributed by atoms with Gasteiger partial charge in [-0.25, -0.2) is 15.0 Å². The lowest BCUT2D eigenvalue weighted by molar-refractivity contribution is 0.455. The largest absolute Gasteiger partial charge is 0.331 e. The number of nitrogens with one attached hydrogen (secondary N) is 6. The van der Waals surface area contributed by atoms with Crippen molar-refractivity contribution >= 4 is 84.0 Å². The predicted molar refractivity (Wildman–Crippen MR) is 337 cm³/mol. The van der Waals surface area contributed by atoms with E-state index in [4.69, 9.17) is 15.0 Å². The summed E-state index contributed by atoms with van der Waals surface area (Å²) in [6, 6.07) is 12.5. The van der Waals surface area contributed by atoms with Crippen LogP contribution in [0.2, 0.25) is 0 Å². The van der Waals surface area contributed by atoms with Crippen molar-refractivity contribution in [2.45, 2.75) is 84.5 Å². The van der Waals surface area contributed by atoms with Crippen LogP contribution in [0.15, 0.2) is 92.2 Å². The molecule has 3 atom stereocenters. The van der Waals surface area contributed by atoms with E-state index in [0.29, 0.717) is 17.8 Å². The maximum absolute atomic E-state index is 5.02. The van der Waals surface area contributed by atoms with Gasteiger partial charge >= 0.3 is 0 Å². The van der Waals surface area contributed by atoms with Gasteiger partial charge in [-0.05, 0) is 132 Å². The van der Waals surface area contributed by atoms with E-state index in [1.165, 1.54) is 53.9 Å². The van der Waals surface area contributed by atoms with Gasteiger partial charge in [0.25, 0.3) is 0 Å². The molecule has 3 aliphatic heterocycles. The molecule has 85 heavy (non-hydrogen) atoms. The third kappa shape index (κ3) is 12.6. The topological polar surface area (TPSA) is 255 Å². The molecule has 3 fully saturated rings. The number of aromatic nitrogens is 18. The van der Waals surface area contributed by atoms with Crippen LogP contribution in [0.4, 0.5) is 32.5 Å². The molecule has 24 nitrogen and oxygen atoms in total. The molecule has 15 rings (SSSR count). The fourth-order valence-corrected chi connectivity index (χ4v) is 13.1. The summed E-state index contributed by atoms with van der Waals surface area (Å²) in [7, 11) is 5.75. The fourth-order valence-electron chi connectivity index (χ4n) is 11.1. The maximum Gasteiger partial charge on any atom is 0.165 e. The van der Waals surface area contributed by atoms with Gasteiger partial charge in [0, 0.05) is 129 Å². The zero-order valence-corrected chi connectivity index (χ0v) is 50.1. The smallest absolute Gasteiger partial charge is 0.165 e. The van der Waals surface area contributed by atoms with Gasteiger partial charge in [0.15, 0.2) is 16.9 Å². The monoisotopic (exact) mass is 1200 g/mol. The third-order valence-electron chi connectivity index (χ3n) is 15.3. The Morgan fingerprint density at radius 2 is 0.729 bits per heavy atom. The van der Waals surface area contributed by atoms with Gasteiger partial charge in [0.1, 0.15) is 32.5 Å². The first kappa shape index (κ1) is 57.1. The number of aryl methyl sites for hydroxylation is 6. The van der Waals surface area contributed by atoms with Crippen LogP contribution in [0.3, 0.4) is 0 Å². The highest BCUT2D eigenvalue weighted by Gasteiger charge is 2.25. The van der Waals surface area contributed by atoms with Crippen LogP contribution >= 0.6 is 34.6 Å². The third-order valence-corrected chi connectivity index (χ3v) is 17.7. The van der Waals surface area contributed by atoms with Crippen molar-refractivity contribution in [2.75, 3.05) is 55.2 Å². The number of piperidine rings is 3. The van der Waals surface area contributed by atoms with Gasteiger partial charge in [-0.2, -0.15) is 57.3 Å². The lowest BCUT2D eigenvalue weighted by Crippen LogP contribution is -2.29. The minimum Gasteiger partial charge on any atom is -0.331 e. The molecule has 0 aliphatic carbocycles. The standard InChI is InChI=1S/3C19H22N8S.CH4/c3*1-12-6-18(28-25-12)24-17-7-16(13-4-3-5-20-8-13)23-19-15(10-22-27(17)19)14-9-21-26(2)11-14;/h3*6-7,9-11,13,20,24H,3-5,8H2,1-2H3;1H4. The number of hydrogen-bond acceptors (Lipinski definition) is 21. The second-order valence-corrected chi connectivity index (χ2v) is 24.2. The summed E-state index contributed by atoms with van der Waals surface area (Å²) in [5.74, 6) is 3.93. The molecule has 3 saturated heterocycles. The summed E-state index contributed by atoms with van der Waals surface area (Å²) in [5.41, 5.74) is 14.8. The summed E-state index contributed by atoms with van der Waals surface area (Å²) in [4.78, 5) is 15.1. The normalized spacial score (nSPS) is 17.1. The maximum atomic E-state index is 5.02. The Kier molecular flexibility index (Phi) is 16.9. The Morgan fingerprint density at radius 1 is 0.424 bits per heavy atom. The van der Waals surface area contributed by atoms with Crippen molar-refractivity contribution in [3.05, 3.63) is 126 Å². The predicted octanol–water partition coefficient (Wildman–Crippen LogP) is 9.95. The summed E-state index contributed by atoms with van der Waals surface area (Å²) in [6.45, 7) is 12.1. The van der Waals surface area contributed by atoms with E-state index >= 15 is 0 Å². The Hall–Kier alpha value is -8.34. The van der Waals surface area contributed by atoms with E-state index in [2.05, 4.69) is 93.8 Å². The number of anilines is 6. The summed E-state index contributed by atoms with van der Waals surface area (Å²) in [5, 5.41) is 50.7. The number of nitrogens with zero attached hydrogens (tertiary/aromatic N) is 18. The Balaban J connectivity index is 0.000000124. The van der Waals surface area contributed by atoms with Crippen LogP contribution in [0.1, 0.15) is 97.9 Å². The van der Waals surface area contributed by atoms with E-state index in [-0.39, 0.29) is 7.43 Å². The quantitative estimate of drug-likeness (QED) is 0.0665. The van der Waals surface area contributed by atoms with Crippen LogP contribution in [-0.4, -0.2) is 126 Å². The van der Waals surface area contributed by atoms with Crippen molar-refractivity contribution in [3.8, 4) is 33.4 Å². The highest BCUT2D eigenvalue weighted by Crippen LogP contribution is 2.35. The van der Waals surface area contributed by atoms with Crippen molar-refractivity contribution in [1.29, 1.82) is 0 Å². The molecule has 12 aromatic heterocycles. The second kappa shape index (κ2) is 25.1. The molecular weight excluding hydrogens is 1130 g/mol.